The maximum absolute atomic E-state index is 12.3. The Morgan fingerprint density at radius 1 is 0.587 bits per heavy atom. The van der Waals surface area contributed by atoms with Gasteiger partial charge in [-0.05, 0) is 19.3 Å². The second-order valence-electron chi connectivity index (χ2n) is 12.6. The van der Waals surface area contributed by atoms with E-state index in [9.17, 15) is 18.9 Å². The molecule has 0 unspecified atom stereocenters. The molecular formula is C35H67O9PS. The van der Waals surface area contributed by atoms with E-state index in [1.165, 1.54) is 108 Å². The number of esters is 2. The largest absolute Gasteiger partial charge is 0.469 e. The summed E-state index contributed by atoms with van der Waals surface area (Å²) in [5.74, 6) is 0.0394. The van der Waals surface area contributed by atoms with E-state index in [0.717, 1.165) is 50.7 Å². The van der Waals surface area contributed by atoms with Crippen molar-refractivity contribution in [2.45, 2.75) is 187 Å². The van der Waals surface area contributed by atoms with Crippen LogP contribution in [0.5, 0.6) is 0 Å². The first kappa shape index (κ1) is 45.1. The molecule has 1 atom stereocenters. The van der Waals surface area contributed by atoms with E-state index in [1.54, 1.807) is 6.92 Å². The summed E-state index contributed by atoms with van der Waals surface area (Å²) in [7, 11) is -4.75. The first-order chi connectivity index (χ1) is 22.1. The van der Waals surface area contributed by atoms with Gasteiger partial charge in [0.05, 0.1) is 6.61 Å². The van der Waals surface area contributed by atoms with Crippen LogP contribution < -0.4 is 0 Å². The van der Waals surface area contributed by atoms with Gasteiger partial charge in [0.15, 0.2) is 11.2 Å². The standard InChI is InChI=1S/C35H67O9PS/c1-3-4-5-6-7-8-9-12-16-19-22-25-28-35(38)44-33(31-43-45(39,40)41)30-42-34(37)27-24-21-18-15-13-10-11-14-17-20-23-26-29-46-32(2)36/h33H,3-31H2,1-2H3,(H2,39,40,41)/t33-/m1/s1. The predicted molar refractivity (Wildman–Crippen MR) is 188 cm³/mol. The first-order valence-corrected chi connectivity index (χ1v) is 20.8. The minimum atomic E-state index is -4.75. The molecule has 0 amide bonds. The molecule has 0 bridgehead atoms. The zero-order valence-electron chi connectivity index (χ0n) is 29.2. The summed E-state index contributed by atoms with van der Waals surface area (Å²) in [6, 6.07) is 0. The maximum Gasteiger partial charge on any atom is 0.469 e. The Balaban J connectivity index is 3.90. The van der Waals surface area contributed by atoms with E-state index in [-0.39, 0.29) is 24.6 Å². The molecule has 2 N–H and O–H groups in total. The van der Waals surface area contributed by atoms with Gasteiger partial charge in [-0.2, -0.15) is 0 Å². The van der Waals surface area contributed by atoms with Gasteiger partial charge in [-0.25, -0.2) is 4.57 Å². The van der Waals surface area contributed by atoms with Crippen molar-refractivity contribution in [1.29, 1.82) is 0 Å². The van der Waals surface area contributed by atoms with Crippen LogP contribution in [0.15, 0.2) is 0 Å². The van der Waals surface area contributed by atoms with Gasteiger partial charge in [0, 0.05) is 25.5 Å². The molecule has 11 heteroatoms. The van der Waals surface area contributed by atoms with Gasteiger partial charge in [0.25, 0.3) is 0 Å². The number of rotatable bonds is 34. The van der Waals surface area contributed by atoms with Crippen molar-refractivity contribution >= 4 is 36.6 Å². The van der Waals surface area contributed by atoms with E-state index >= 15 is 0 Å². The van der Waals surface area contributed by atoms with Gasteiger partial charge in [0.1, 0.15) is 6.61 Å². The van der Waals surface area contributed by atoms with Gasteiger partial charge in [-0.3, -0.25) is 18.9 Å². The van der Waals surface area contributed by atoms with Crippen LogP contribution in [0.4, 0.5) is 0 Å². The maximum atomic E-state index is 12.3. The molecule has 0 saturated carbocycles. The van der Waals surface area contributed by atoms with Crippen LogP contribution >= 0.6 is 19.6 Å². The third kappa shape index (κ3) is 35.9. The third-order valence-corrected chi connectivity index (χ3v) is 9.36. The third-order valence-electron chi connectivity index (χ3n) is 7.97. The van der Waals surface area contributed by atoms with E-state index < -0.39 is 32.5 Å². The van der Waals surface area contributed by atoms with Gasteiger partial charge in [0.2, 0.25) is 0 Å². The molecule has 0 aromatic rings. The highest BCUT2D eigenvalue weighted by Gasteiger charge is 2.22. The Morgan fingerprint density at radius 3 is 1.39 bits per heavy atom. The van der Waals surface area contributed by atoms with Crippen LogP contribution in [0, 0.1) is 0 Å². The molecule has 0 saturated heterocycles. The molecule has 0 rings (SSSR count). The zero-order chi connectivity index (χ0) is 34.1. The summed E-state index contributed by atoms with van der Waals surface area (Å²) in [6.07, 6.45) is 27.3. The molecule has 0 heterocycles. The molecule has 0 aliphatic rings. The molecule has 0 aromatic heterocycles. The van der Waals surface area contributed by atoms with Crippen LogP contribution in [-0.4, -0.2) is 51.9 Å². The molecule has 272 valence electrons. The number of unbranched alkanes of at least 4 members (excludes halogenated alkanes) is 22. The Bertz CT molecular complexity index is 790. The van der Waals surface area contributed by atoms with Crippen LogP contribution in [0.25, 0.3) is 0 Å². The summed E-state index contributed by atoms with van der Waals surface area (Å²) in [4.78, 5) is 53.5. The number of carbonyl (C=O) groups excluding carboxylic acids is 3. The highest BCUT2D eigenvalue weighted by atomic mass is 32.2. The monoisotopic (exact) mass is 694 g/mol. The first-order valence-electron chi connectivity index (χ1n) is 18.3. The molecule has 9 nitrogen and oxygen atoms in total. The Hall–Kier alpha value is -0.930. The summed E-state index contributed by atoms with van der Waals surface area (Å²) < 4.78 is 26.3. The second kappa shape index (κ2) is 32.6. The molecular weight excluding hydrogens is 627 g/mol. The molecule has 0 aromatic carbocycles. The second-order valence-corrected chi connectivity index (χ2v) is 15.1. The zero-order valence-corrected chi connectivity index (χ0v) is 30.9. The topological polar surface area (TPSA) is 136 Å². The van der Waals surface area contributed by atoms with Crippen LogP contribution in [-0.2, 0) is 32.9 Å². The van der Waals surface area contributed by atoms with Crippen molar-refractivity contribution in [2.75, 3.05) is 19.0 Å². The fourth-order valence-electron chi connectivity index (χ4n) is 5.26. The summed E-state index contributed by atoms with van der Waals surface area (Å²) in [6.45, 7) is 3.02. The lowest BCUT2D eigenvalue weighted by molar-refractivity contribution is -0.161. The van der Waals surface area contributed by atoms with Crippen molar-refractivity contribution in [3.63, 3.8) is 0 Å². The number of phosphoric acid groups is 1. The van der Waals surface area contributed by atoms with Gasteiger partial charge in [-0.15, -0.1) is 0 Å². The number of thioether (sulfide) groups is 1. The van der Waals surface area contributed by atoms with Crippen molar-refractivity contribution in [1.82, 2.24) is 0 Å². The molecule has 0 spiro atoms. The molecule has 0 fully saturated rings. The van der Waals surface area contributed by atoms with Crippen molar-refractivity contribution in [2.24, 2.45) is 0 Å². The molecule has 0 aliphatic heterocycles. The van der Waals surface area contributed by atoms with Crippen molar-refractivity contribution in [3.05, 3.63) is 0 Å². The van der Waals surface area contributed by atoms with Gasteiger partial charge in [-0.1, -0.05) is 154 Å². The van der Waals surface area contributed by atoms with Gasteiger partial charge >= 0.3 is 19.8 Å². The van der Waals surface area contributed by atoms with Crippen LogP contribution in [0.2, 0.25) is 0 Å². The number of ether oxygens (including phenoxy) is 2. The summed E-state index contributed by atoms with van der Waals surface area (Å²) >= 11 is 1.42. The Kier molecular flexibility index (Phi) is 31.9. The SMILES string of the molecule is CCCCCCCCCCCCCCC(=O)O[C@H](COC(=O)CCCCCCCCCCCCCCSC(C)=O)COP(=O)(O)O. The fraction of sp³-hybridized carbons (Fsp3) is 0.914. The minimum Gasteiger partial charge on any atom is -0.462 e. The number of hydrogen-bond acceptors (Lipinski definition) is 8. The average Bonchev–Trinajstić information content (AvgIpc) is 3.00. The number of carbonyl (C=O) groups is 3. The van der Waals surface area contributed by atoms with E-state index in [2.05, 4.69) is 11.4 Å². The normalized spacial score (nSPS) is 12.3. The lowest BCUT2D eigenvalue weighted by Crippen LogP contribution is -2.29. The molecule has 46 heavy (non-hydrogen) atoms. The molecule has 0 radical (unpaired) electrons. The highest BCUT2D eigenvalue weighted by Crippen LogP contribution is 2.36. The minimum absolute atomic E-state index is 0.205. The van der Waals surface area contributed by atoms with E-state index in [0.29, 0.717) is 12.8 Å². The summed E-state index contributed by atoms with van der Waals surface area (Å²) in [5.41, 5.74) is 0. The Labute approximate surface area is 284 Å². The predicted octanol–water partition coefficient (Wildman–Crippen LogP) is 9.99. The fourth-order valence-corrected chi connectivity index (χ4v) is 6.26. The quantitative estimate of drug-likeness (QED) is 0.0380. The van der Waals surface area contributed by atoms with Crippen molar-refractivity contribution < 1.29 is 42.7 Å². The lowest BCUT2D eigenvalue weighted by atomic mass is 10.0. The lowest BCUT2D eigenvalue weighted by Gasteiger charge is -2.18. The number of hydrogen-bond donors (Lipinski definition) is 2. The number of phosphoric ester groups is 1. The van der Waals surface area contributed by atoms with E-state index in [4.69, 9.17) is 19.3 Å². The van der Waals surface area contributed by atoms with E-state index in [1.807, 2.05) is 0 Å². The van der Waals surface area contributed by atoms with Crippen LogP contribution in [0.1, 0.15) is 181 Å². The summed E-state index contributed by atoms with van der Waals surface area (Å²) in [5, 5.41) is 0.205. The van der Waals surface area contributed by atoms with Crippen LogP contribution in [0.3, 0.4) is 0 Å². The molecule has 0 aliphatic carbocycles. The smallest absolute Gasteiger partial charge is 0.462 e. The highest BCUT2D eigenvalue weighted by molar-refractivity contribution is 8.13. The Morgan fingerprint density at radius 2 is 0.978 bits per heavy atom. The average molecular weight is 695 g/mol. The van der Waals surface area contributed by atoms with Gasteiger partial charge < -0.3 is 19.3 Å². The van der Waals surface area contributed by atoms with Crippen molar-refractivity contribution in [3.8, 4) is 0 Å².